The number of hydrogen-bond donors (Lipinski definition) is 0. The van der Waals surface area contributed by atoms with Gasteiger partial charge in [0.2, 0.25) is 9.04 Å². The molecule has 1 rings (SSSR count). The summed E-state index contributed by atoms with van der Waals surface area (Å²) in [5.74, 6) is 0.501. The summed E-state index contributed by atoms with van der Waals surface area (Å²) in [5, 5.41) is 0. The molecular formula is C12H18FIOSi. The molecule has 0 aliphatic rings. The molecule has 0 amide bonds. The third-order valence-corrected chi connectivity index (χ3v) is 3.71. The van der Waals surface area contributed by atoms with Gasteiger partial charge in [-0.05, 0) is 47.2 Å². The third-order valence-electron chi connectivity index (χ3n) is 2.13. The molecule has 1 nitrogen and oxygen atoms in total. The summed E-state index contributed by atoms with van der Waals surface area (Å²) in [7, 11) is -1.21. The summed E-state index contributed by atoms with van der Waals surface area (Å²) >= 11 is 2.18. The molecule has 0 spiro atoms. The molecular weight excluding hydrogens is 334 g/mol. The average molecular weight is 352 g/mol. The largest absolute Gasteiger partial charge is 0.547 e. The van der Waals surface area contributed by atoms with Crippen LogP contribution in [0.15, 0.2) is 12.1 Å². The van der Waals surface area contributed by atoms with Crippen LogP contribution in [0, 0.1) is 9.39 Å². The van der Waals surface area contributed by atoms with E-state index in [-0.39, 0.29) is 11.2 Å². The van der Waals surface area contributed by atoms with Gasteiger partial charge in [0, 0.05) is 15.2 Å². The minimum atomic E-state index is -1.21. The van der Waals surface area contributed by atoms with Crippen molar-refractivity contribution in [2.45, 2.75) is 39.3 Å². The number of benzene rings is 1. The Morgan fingerprint density at radius 2 is 1.81 bits per heavy atom. The van der Waals surface area contributed by atoms with Gasteiger partial charge < -0.3 is 4.43 Å². The van der Waals surface area contributed by atoms with Crippen LogP contribution < -0.4 is 4.43 Å². The fraction of sp³-hybridized carbons (Fsp3) is 0.500. The predicted molar refractivity (Wildman–Crippen MR) is 77.3 cm³/mol. The molecule has 0 unspecified atom stereocenters. The van der Waals surface area contributed by atoms with E-state index < -0.39 is 9.04 Å². The molecule has 0 fully saturated rings. The first-order chi connectivity index (χ1) is 7.21. The van der Waals surface area contributed by atoms with Crippen molar-refractivity contribution in [3.05, 3.63) is 27.1 Å². The Labute approximate surface area is 112 Å². The van der Waals surface area contributed by atoms with Crippen LogP contribution >= 0.6 is 22.6 Å². The van der Waals surface area contributed by atoms with Crippen LogP contribution in [-0.2, 0) is 5.41 Å². The van der Waals surface area contributed by atoms with Gasteiger partial charge in [-0.25, -0.2) is 4.39 Å². The molecule has 0 aliphatic heterocycles. The summed E-state index contributed by atoms with van der Waals surface area (Å²) in [4.78, 5) is 0. The zero-order valence-corrected chi connectivity index (χ0v) is 13.7. The molecule has 4 heteroatoms. The Bertz CT molecular complexity index is 385. The summed E-state index contributed by atoms with van der Waals surface area (Å²) < 4.78 is 20.1. The maximum atomic E-state index is 13.4. The second kappa shape index (κ2) is 5.04. The number of hydrogen-bond acceptors (Lipinski definition) is 1. The Morgan fingerprint density at radius 3 is 2.25 bits per heavy atom. The van der Waals surface area contributed by atoms with Crippen molar-refractivity contribution in [2.75, 3.05) is 0 Å². The lowest BCUT2D eigenvalue weighted by Gasteiger charge is -2.25. The highest BCUT2D eigenvalue weighted by atomic mass is 127. The summed E-state index contributed by atoms with van der Waals surface area (Å²) in [6.07, 6.45) is 0. The first-order valence-electron chi connectivity index (χ1n) is 5.38. The third kappa shape index (κ3) is 3.45. The lowest BCUT2D eigenvalue weighted by Crippen LogP contribution is -2.19. The molecule has 1 aromatic carbocycles. The second-order valence-corrected chi connectivity index (χ2v) is 8.67. The SMILES string of the molecule is C[SiH](C)Oc1cc(F)cc(I)c1C(C)(C)C. The maximum absolute atomic E-state index is 13.4. The summed E-state index contributed by atoms with van der Waals surface area (Å²) in [6, 6.07) is 3.08. The zero-order valence-electron chi connectivity index (χ0n) is 10.4. The van der Waals surface area contributed by atoms with Crippen molar-refractivity contribution in [3.8, 4) is 5.75 Å². The monoisotopic (exact) mass is 352 g/mol. The number of rotatable bonds is 2. The molecule has 0 aromatic heterocycles. The van der Waals surface area contributed by atoms with Gasteiger partial charge in [0.15, 0.2) is 0 Å². The van der Waals surface area contributed by atoms with E-state index in [2.05, 4.69) is 56.5 Å². The van der Waals surface area contributed by atoms with Crippen LogP contribution in [0.4, 0.5) is 4.39 Å². The lowest BCUT2D eigenvalue weighted by atomic mass is 9.86. The van der Waals surface area contributed by atoms with Crippen molar-refractivity contribution >= 4 is 31.6 Å². The molecule has 0 saturated heterocycles. The summed E-state index contributed by atoms with van der Waals surface area (Å²) in [5.41, 5.74) is 1.08. The highest BCUT2D eigenvalue weighted by Gasteiger charge is 2.23. The quantitative estimate of drug-likeness (QED) is 0.576. The van der Waals surface area contributed by atoms with Crippen molar-refractivity contribution in [1.29, 1.82) is 0 Å². The van der Waals surface area contributed by atoms with E-state index >= 15 is 0 Å². The topological polar surface area (TPSA) is 9.23 Å². The fourth-order valence-corrected chi connectivity index (χ4v) is 3.69. The van der Waals surface area contributed by atoms with Crippen LogP contribution in [-0.4, -0.2) is 9.04 Å². The maximum Gasteiger partial charge on any atom is 0.229 e. The first-order valence-corrected chi connectivity index (χ1v) is 9.24. The van der Waals surface area contributed by atoms with Crippen LogP contribution in [0.25, 0.3) is 0 Å². The smallest absolute Gasteiger partial charge is 0.229 e. The Morgan fingerprint density at radius 1 is 1.25 bits per heavy atom. The minimum absolute atomic E-state index is 0.0250. The van der Waals surface area contributed by atoms with E-state index in [0.717, 1.165) is 14.9 Å². The van der Waals surface area contributed by atoms with Crippen LogP contribution in [0.2, 0.25) is 13.1 Å². The van der Waals surface area contributed by atoms with Crippen LogP contribution in [0.5, 0.6) is 5.75 Å². The van der Waals surface area contributed by atoms with Crippen molar-refractivity contribution in [2.24, 2.45) is 0 Å². The van der Waals surface area contributed by atoms with Crippen LogP contribution in [0.1, 0.15) is 26.3 Å². The molecule has 0 N–H and O–H groups in total. The van der Waals surface area contributed by atoms with Gasteiger partial charge in [0.25, 0.3) is 0 Å². The average Bonchev–Trinajstić information content (AvgIpc) is 1.96. The fourth-order valence-electron chi connectivity index (χ4n) is 1.62. The normalized spacial score (nSPS) is 12.0. The van der Waals surface area contributed by atoms with Crippen molar-refractivity contribution in [1.82, 2.24) is 0 Å². The first kappa shape index (κ1) is 14.0. The van der Waals surface area contributed by atoms with Gasteiger partial charge >= 0.3 is 0 Å². The Balaban J connectivity index is 3.33. The highest BCUT2D eigenvalue weighted by molar-refractivity contribution is 14.1. The Hall–Kier alpha value is -0.103. The minimum Gasteiger partial charge on any atom is -0.547 e. The van der Waals surface area contributed by atoms with E-state index in [0.29, 0.717) is 0 Å². The van der Waals surface area contributed by atoms with Gasteiger partial charge in [0.1, 0.15) is 11.6 Å². The van der Waals surface area contributed by atoms with Gasteiger partial charge in [-0.2, -0.15) is 0 Å². The molecule has 0 aliphatic carbocycles. The molecule has 16 heavy (non-hydrogen) atoms. The van der Waals surface area contributed by atoms with E-state index in [1.807, 2.05) is 0 Å². The molecule has 0 atom stereocenters. The van der Waals surface area contributed by atoms with Crippen molar-refractivity contribution < 1.29 is 8.82 Å². The zero-order chi connectivity index (χ0) is 12.5. The van der Waals surface area contributed by atoms with E-state index in [1.165, 1.54) is 6.07 Å². The van der Waals surface area contributed by atoms with E-state index in [9.17, 15) is 4.39 Å². The van der Waals surface area contributed by atoms with Gasteiger partial charge in [-0.3, -0.25) is 0 Å². The highest BCUT2D eigenvalue weighted by Crippen LogP contribution is 2.36. The standard InChI is InChI=1S/C12H18FIOSi/c1-12(2,3)11-9(14)6-8(13)7-10(11)15-16(4)5/h6-7,16H,1-5H3. The van der Waals surface area contributed by atoms with Gasteiger partial charge in [-0.1, -0.05) is 20.8 Å². The molecule has 0 bridgehead atoms. The number of halogens is 2. The van der Waals surface area contributed by atoms with Gasteiger partial charge in [-0.15, -0.1) is 0 Å². The summed E-state index contributed by atoms with van der Waals surface area (Å²) in [6.45, 7) is 10.5. The molecule has 1 aromatic rings. The lowest BCUT2D eigenvalue weighted by molar-refractivity contribution is 0.508. The second-order valence-electron chi connectivity index (χ2n) is 5.18. The molecule has 0 heterocycles. The predicted octanol–water partition coefficient (Wildman–Crippen LogP) is 4.09. The Kier molecular flexibility index (Phi) is 4.40. The van der Waals surface area contributed by atoms with Crippen LogP contribution in [0.3, 0.4) is 0 Å². The molecule has 0 radical (unpaired) electrons. The molecule has 90 valence electrons. The van der Waals surface area contributed by atoms with Crippen molar-refractivity contribution in [3.63, 3.8) is 0 Å². The van der Waals surface area contributed by atoms with E-state index in [4.69, 9.17) is 4.43 Å². The van der Waals surface area contributed by atoms with E-state index in [1.54, 1.807) is 6.07 Å². The molecule has 0 saturated carbocycles. The van der Waals surface area contributed by atoms with Gasteiger partial charge in [0.05, 0.1) is 0 Å².